The Morgan fingerprint density at radius 1 is 1.15 bits per heavy atom. The average Bonchev–Trinajstić information content (AvgIpc) is 2.95. The molecule has 1 aliphatic heterocycles. The van der Waals surface area contributed by atoms with Crippen molar-refractivity contribution < 1.29 is 4.79 Å². The molecule has 5 nitrogen and oxygen atoms in total. The van der Waals surface area contributed by atoms with Crippen LogP contribution in [-0.2, 0) is 4.79 Å². The molecule has 4 rings (SSSR count). The van der Waals surface area contributed by atoms with Gasteiger partial charge in [0.25, 0.3) is 0 Å². The highest BCUT2D eigenvalue weighted by molar-refractivity contribution is 5.79. The molecule has 2 heterocycles. The van der Waals surface area contributed by atoms with Crippen LogP contribution < -0.4 is 5.69 Å². The Labute approximate surface area is 160 Å². The fraction of sp³-hybridized carbons (Fsp3) is 0.636. The van der Waals surface area contributed by atoms with Crippen molar-refractivity contribution in [1.82, 2.24) is 14.5 Å². The molecule has 5 heteroatoms. The molecular formula is C22H31N3O2. The Morgan fingerprint density at radius 3 is 2.56 bits per heavy atom. The van der Waals surface area contributed by atoms with Crippen LogP contribution in [0.3, 0.4) is 0 Å². The van der Waals surface area contributed by atoms with Gasteiger partial charge in [-0.05, 0) is 55.6 Å². The second-order valence-electron chi connectivity index (χ2n) is 9.48. The van der Waals surface area contributed by atoms with Crippen molar-refractivity contribution in [3.05, 3.63) is 34.7 Å². The summed E-state index contributed by atoms with van der Waals surface area (Å²) in [5, 5.41) is 0. The van der Waals surface area contributed by atoms with E-state index in [0.717, 1.165) is 49.8 Å². The number of rotatable bonds is 2. The number of piperidine rings is 1. The zero-order chi connectivity index (χ0) is 19.2. The summed E-state index contributed by atoms with van der Waals surface area (Å²) in [6, 6.07) is 8.01. The van der Waals surface area contributed by atoms with E-state index in [9.17, 15) is 9.59 Å². The maximum absolute atomic E-state index is 13.1. The highest BCUT2D eigenvalue weighted by Gasteiger charge is 2.38. The third-order valence-electron chi connectivity index (χ3n) is 6.50. The minimum absolute atomic E-state index is 0.0381. The Kier molecular flexibility index (Phi) is 4.65. The Hall–Kier alpha value is -2.04. The van der Waals surface area contributed by atoms with Gasteiger partial charge in [0.15, 0.2) is 0 Å². The van der Waals surface area contributed by atoms with Gasteiger partial charge in [0.1, 0.15) is 0 Å². The van der Waals surface area contributed by atoms with E-state index in [1.54, 1.807) is 0 Å². The minimum atomic E-state index is -0.0381. The van der Waals surface area contributed by atoms with Gasteiger partial charge < -0.3 is 9.88 Å². The predicted molar refractivity (Wildman–Crippen MR) is 108 cm³/mol. The predicted octanol–water partition coefficient (Wildman–Crippen LogP) is 3.96. The zero-order valence-electron chi connectivity index (χ0n) is 16.7. The Morgan fingerprint density at radius 2 is 1.85 bits per heavy atom. The molecular weight excluding hydrogens is 338 g/mol. The second kappa shape index (κ2) is 6.84. The number of imidazole rings is 1. The van der Waals surface area contributed by atoms with Gasteiger partial charge in [-0.2, -0.15) is 0 Å². The molecule has 2 fully saturated rings. The lowest BCUT2D eigenvalue weighted by Gasteiger charge is -2.41. The fourth-order valence-electron chi connectivity index (χ4n) is 5.57. The van der Waals surface area contributed by atoms with Crippen LogP contribution in [0, 0.1) is 17.3 Å². The van der Waals surface area contributed by atoms with Gasteiger partial charge in [-0.1, -0.05) is 32.9 Å². The second-order valence-corrected chi connectivity index (χ2v) is 9.48. The lowest BCUT2D eigenvalue weighted by molar-refractivity contribution is -0.140. The van der Waals surface area contributed by atoms with E-state index in [4.69, 9.17) is 0 Å². The molecule has 1 N–H and O–H groups in total. The van der Waals surface area contributed by atoms with Crippen molar-refractivity contribution >= 4 is 16.9 Å². The number of benzene rings is 1. The average molecular weight is 370 g/mol. The number of aromatic nitrogens is 2. The van der Waals surface area contributed by atoms with E-state index in [0.29, 0.717) is 11.8 Å². The molecule has 1 saturated heterocycles. The molecule has 2 aromatic rings. The third-order valence-corrected chi connectivity index (χ3v) is 6.50. The highest BCUT2D eigenvalue weighted by Crippen LogP contribution is 2.42. The molecule has 0 spiro atoms. The monoisotopic (exact) mass is 369 g/mol. The van der Waals surface area contributed by atoms with Crippen LogP contribution in [0.1, 0.15) is 58.9 Å². The minimum Gasteiger partial charge on any atom is -0.342 e. The first kappa shape index (κ1) is 18.3. The van der Waals surface area contributed by atoms with Crippen LogP contribution in [0.5, 0.6) is 0 Å². The Bertz CT molecular complexity index is 886. The summed E-state index contributed by atoms with van der Waals surface area (Å²) >= 11 is 0. The molecule has 1 amide bonds. The maximum Gasteiger partial charge on any atom is 0.326 e. The molecule has 2 aliphatic rings. The van der Waals surface area contributed by atoms with Crippen molar-refractivity contribution in [3.63, 3.8) is 0 Å². The van der Waals surface area contributed by atoms with Crippen LogP contribution in [0.15, 0.2) is 29.1 Å². The number of hydrogen-bond donors (Lipinski definition) is 1. The number of H-pyrrole nitrogens is 1. The fourth-order valence-corrected chi connectivity index (χ4v) is 5.57. The van der Waals surface area contributed by atoms with E-state index in [-0.39, 0.29) is 23.1 Å². The van der Waals surface area contributed by atoms with E-state index in [1.165, 1.54) is 6.42 Å². The highest BCUT2D eigenvalue weighted by atomic mass is 16.2. The number of hydrogen-bond acceptors (Lipinski definition) is 2. The maximum atomic E-state index is 13.1. The molecule has 2 atom stereocenters. The summed E-state index contributed by atoms with van der Waals surface area (Å²) in [5.41, 5.74) is 2.08. The molecule has 0 radical (unpaired) electrons. The van der Waals surface area contributed by atoms with Gasteiger partial charge >= 0.3 is 5.69 Å². The zero-order valence-corrected chi connectivity index (χ0v) is 16.7. The number of carbonyl (C=O) groups excluding carboxylic acids is 1. The first-order valence-corrected chi connectivity index (χ1v) is 10.3. The third kappa shape index (κ3) is 3.56. The number of para-hydroxylation sites is 2. The van der Waals surface area contributed by atoms with Crippen molar-refractivity contribution in [3.8, 4) is 0 Å². The van der Waals surface area contributed by atoms with E-state index in [1.807, 2.05) is 28.8 Å². The molecule has 2 unspecified atom stereocenters. The molecule has 1 aromatic carbocycles. The van der Waals surface area contributed by atoms with Gasteiger partial charge in [0.2, 0.25) is 5.91 Å². The summed E-state index contributed by atoms with van der Waals surface area (Å²) in [6.45, 7) is 8.36. The molecule has 1 aromatic heterocycles. The van der Waals surface area contributed by atoms with E-state index in [2.05, 4.69) is 30.7 Å². The number of nitrogens with one attached hydrogen (secondary N) is 1. The number of nitrogens with zero attached hydrogens (tertiary/aromatic N) is 2. The van der Waals surface area contributed by atoms with Crippen molar-refractivity contribution in [2.75, 3.05) is 13.1 Å². The van der Waals surface area contributed by atoms with Gasteiger partial charge in [-0.25, -0.2) is 4.79 Å². The normalized spacial score (nSPS) is 26.4. The van der Waals surface area contributed by atoms with Crippen LogP contribution in [-0.4, -0.2) is 33.4 Å². The summed E-state index contributed by atoms with van der Waals surface area (Å²) in [4.78, 5) is 30.5. The van der Waals surface area contributed by atoms with Crippen molar-refractivity contribution in [1.29, 1.82) is 0 Å². The van der Waals surface area contributed by atoms with Crippen LogP contribution >= 0.6 is 0 Å². The lowest BCUT2D eigenvalue weighted by atomic mass is 9.67. The van der Waals surface area contributed by atoms with Crippen LogP contribution in [0.2, 0.25) is 0 Å². The topological polar surface area (TPSA) is 58.1 Å². The number of likely N-dealkylation sites (tertiary alicyclic amines) is 1. The summed E-state index contributed by atoms with van der Waals surface area (Å²) in [7, 11) is 0. The standard InChI is InChI=1S/C22H31N3O2/c1-15-12-16(14-22(2,3)13-15)20(26)24-10-8-17(9-11-24)25-19-7-5-4-6-18(19)23-21(25)27/h4-7,15-17H,8-14H2,1-3H3,(H,23,27). The molecule has 27 heavy (non-hydrogen) atoms. The smallest absolute Gasteiger partial charge is 0.326 e. The van der Waals surface area contributed by atoms with E-state index >= 15 is 0 Å². The summed E-state index contributed by atoms with van der Waals surface area (Å²) in [5.74, 6) is 1.11. The molecule has 1 aliphatic carbocycles. The number of aromatic amines is 1. The van der Waals surface area contributed by atoms with Gasteiger partial charge in [-0.15, -0.1) is 0 Å². The number of amides is 1. The van der Waals surface area contributed by atoms with Crippen molar-refractivity contribution in [2.24, 2.45) is 17.3 Å². The largest absolute Gasteiger partial charge is 0.342 e. The number of carbonyl (C=O) groups is 1. The Balaban J connectivity index is 1.45. The van der Waals surface area contributed by atoms with Gasteiger partial charge in [0, 0.05) is 25.0 Å². The first-order valence-electron chi connectivity index (χ1n) is 10.3. The molecule has 1 saturated carbocycles. The van der Waals surface area contributed by atoms with E-state index < -0.39 is 0 Å². The van der Waals surface area contributed by atoms with Crippen molar-refractivity contribution in [2.45, 2.75) is 58.9 Å². The van der Waals surface area contributed by atoms with Crippen LogP contribution in [0.25, 0.3) is 11.0 Å². The lowest BCUT2D eigenvalue weighted by Crippen LogP contribution is -2.45. The summed E-state index contributed by atoms with van der Waals surface area (Å²) < 4.78 is 1.89. The van der Waals surface area contributed by atoms with Gasteiger partial charge in [0.05, 0.1) is 11.0 Å². The molecule has 0 bridgehead atoms. The van der Waals surface area contributed by atoms with Gasteiger partial charge in [-0.3, -0.25) is 9.36 Å². The molecule has 146 valence electrons. The number of fused-ring (bicyclic) bond motifs is 1. The quantitative estimate of drug-likeness (QED) is 0.871. The first-order chi connectivity index (χ1) is 12.8. The summed E-state index contributed by atoms with van der Waals surface area (Å²) in [6.07, 6.45) is 4.92. The SMILES string of the molecule is CC1CC(C(=O)N2CCC(n3c(=O)[nH]c4ccccc43)CC2)CC(C)(C)C1. The van der Waals surface area contributed by atoms with Crippen LogP contribution in [0.4, 0.5) is 0 Å².